The number of halogens is 2. The number of aryl methyl sites for hydroxylation is 1. The number of aromatic nitrogens is 2. The molecule has 2 aromatic rings. The van der Waals surface area contributed by atoms with E-state index < -0.39 is 0 Å². The second-order valence-corrected chi connectivity index (χ2v) is 5.17. The van der Waals surface area contributed by atoms with Gasteiger partial charge in [-0.05, 0) is 31.0 Å². The maximum atomic E-state index is 11.9. The summed E-state index contributed by atoms with van der Waals surface area (Å²) in [6, 6.07) is 5.40. The first-order valence-corrected chi connectivity index (χ1v) is 6.79. The molecule has 1 heterocycles. The molecule has 0 aliphatic carbocycles. The lowest BCUT2D eigenvalue weighted by Crippen LogP contribution is -2.18. The van der Waals surface area contributed by atoms with Crippen LogP contribution < -0.4 is 5.56 Å². The average molecular weight is 297 g/mol. The van der Waals surface area contributed by atoms with Crippen molar-refractivity contribution < 1.29 is 0 Å². The van der Waals surface area contributed by atoms with E-state index in [2.05, 4.69) is 9.97 Å². The zero-order valence-electron chi connectivity index (χ0n) is 10.8. The molecule has 0 fully saturated rings. The van der Waals surface area contributed by atoms with Crippen molar-refractivity contribution in [3.63, 3.8) is 0 Å². The molecule has 0 amide bonds. The highest BCUT2D eigenvalue weighted by molar-refractivity contribution is 6.42. The quantitative estimate of drug-likeness (QED) is 0.942. The maximum absolute atomic E-state index is 11.9. The second-order valence-electron chi connectivity index (χ2n) is 4.36. The molecule has 0 saturated carbocycles. The van der Waals surface area contributed by atoms with E-state index in [1.165, 1.54) is 0 Å². The minimum atomic E-state index is -0.0648. The third-order valence-corrected chi connectivity index (χ3v) is 3.72. The Kier molecular flexibility index (Phi) is 4.27. The number of hydrogen-bond donors (Lipinski definition) is 1. The molecule has 5 heteroatoms. The Morgan fingerprint density at radius 2 is 2.00 bits per heavy atom. The zero-order chi connectivity index (χ0) is 14.0. The van der Waals surface area contributed by atoms with E-state index in [-0.39, 0.29) is 5.56 Å². The van der Waals surface area contributed by atoms with Gasteiger partial charge in [-0.1, -0.05) is 36.2 Å². The molecule has 0 spiro atoms. The normalized spacial score (nSPS) is 10.7. The Bertz CT molecular complexity index is 665. The van der Waals surface area contributed by atoms with Crippen LogP contribution in [0.5, 0.6) is 0 Å². The first kappa shape index (κ1) is 14.1. The number of rotatable bonds is 3. The molecule has 100 valence electrons. The van der Waals surface area contributed by atoms with Crippen molar-refractivity contribution in [1.29, 1.82) is 0 Å². The lowest BCUT2D eigenvalue weighted by Gasteiger charge is -2.06. The molecule has 0 bridgehead atoms. The highest BCUT2D eigenvalue weighted by Gasteiger charge is 2.07. The monoisotopic (exact) mass is 296 g/mol. The van der Waals surface area contributed by atoms with E-state index in [4.69, 9.17) is 23.2 Å². The molecule has 0 aliphatic heterocycles. The summed E-state index contributed by atoms with van der Waals surface area (Å²) in [7, 11) is 0. The van der Waals surface area contributed by atoms with Crippen molar-refractivity contribution in [2.45, 2.75) is 26.7 Å². The van der Waals surface area contributed by atoms with Gasteiger partial charge in [0.1, 0.15) is 5.82 Å². The Morgan fingerprint density at radius 1 is 1.26 bits per heavy atom. The van der Waals surface area contributed by atoms with Gasteiger partial charge in [0.05, 0.1) is 10.0 Å². The van der Waals surface area contributed by atoms with Gasteiger partial charge < -0.3 is 4.98 Å². The fourth-order valence-electron chi connectivity index (χ4n) is 2.01. The molecule has 0 atom stereocenters. The van der Waals surface area contributed by atoms with Gasteiger partial charge in [0, 0.05) is 17.7 Å². The molecule has 1 aromatic heterocycles. The van der Waals surface area contributed by atoms with E-state index in [9.17, 15) is 4.79 Å². The topological polar surface area (TPSA) is 45.8 Å². The second kappa shape index (κ2) is 5.76. The molecule has 0 aliphatic rings. The summed E-state index contributed by atoms with van der Waals surface area (Å²) >= 11 is 11.8. The standard InChI is InChI=1S/C14H14Cl2N2O/c1-3-10-8(2)17-13(18-14(10)19)7-9-4-5-11(15)12(16)6-9/h4-6H,3,7H2,1-2H3,(H,17,18,19). The number of nitrogens with one attached hydrogen (secondary N) is 1. The van der Waals surface area contributed by atoms with Crippen LogP contribution in [0.15, 0.2) is 23.0 Å². The number of nitrogens with zero attached hydrogens (tertiary/aromatic N) is 1. The summed E-state index contributed by atoms with van der Waals surface area (Å²) in [6.07, 6.45) is 1.21. The SMILES string of the molecule is CCc1c(C)nc(Cc2ccc(Cl)c(Cl)c2)[nH]c1=O. The summed E-state index contributed by atoms with van der Waals surface area (Å²) < 4.78 is 0. The van der Waals surface area contributed by atoms with Crippen LogP contribution in [0.1, 0.15) is 29.6 Å². The van der Waals surface area contributed by atoms with Gasteiger partial charge in [0.25, 0.3) is 5.56 Å². The molecular weight excluding hydrogens is 283 g/mol. The van der Waals surface area contributed by atoms with Gasteiger partial charge in [0.2, 0.25) is 0 Å². The minimum absolute atomic E-state index is 0.0648. The number of H-pyrrole nitrogens is 1. The van der Waals surface area contributed by atoms with Crippen molar-refractivity contribution in [3.05, 3.63) is 61.2 Å². The van der Waals surface area contributed by atoms with E-state index in [1.54, 1.807) is 12.1 Å². The number of hydrogen-bond acceptors (Lipinski definition) is 2. The lowest BCUT2D eigenvalue weighted by molar-refractivity contribution is 0.879. The Labute approximate surface area is 121 Å². The van der Waals surface area contributed by atoms with E-state index >= 15 is 0 Å². The van der Waals surface area contributed by atoms with Crippen LogP contribution in [0.25, 0.3) is 0 Å². The molecule has 0 radical (unpaired) electrons. The fourth-order valence-corrected chi connectivity index (χ4v) is 2.33. The van der Waals surface area contributed by atoms with Gasteiger partial charge in [-0.2, -0.15) is 0 Å². The van der Waals surface area contributed by atoms with Crippen molar-refractivity contribution in [2.24, 2.45) is 0 Å². The summed E-state index contributed by atoms with van der Waals surface area (Å²) in [4.78, 5) is 19.1. The predicted molar refractivity (Wildman–Crippen MR) is 78.2 cm³/mol. The highest BCUT2D eigenvalue weighted by atomic mass is 35.5. The lowest BCUT2D eigenvalue weighted by atomic mass is 10.1. The van der Waals surface area contributed by atoms with Crippen molar-refractivity contribution >= 4 is 23.2 Å². The number of aromatic amines is 1. The third-order valence-electron chi connectivity index (χ3n) is 2.98. The molecule has 0 unspecified atom stereocenters. The molecule has 1 aromatic carbocycles. The number of benzene rings is 1. The van der Waals surface area contributed by atoms with Crippen LogP contribution in [-0.2, 0) is 12.8 Å². The Morgan fingerprint density at radius 3 is 2.58 bits per heavy atom. The zero-order valence-corrected chi connectivity index (χ0v) is 12.3. The molecule has 19 heavy (non-hydrogen) atoms. The third kappa shape index (κ3) is 3.17. The van der Waals surface area contributed by atoms with Crippen LogP contribution >= 0.6 is 23.2 Å². The van der Waals surface area contributed by atoms with Crippen LogP contribution in [0.3, 0.4) is 0 Å². The fraction of sp³-hybridized carbons (Fsp3) is 0.286. The van der Waals surface area contributed by atoms with E-state index in [0.717, 1.165) is 16.8 Å². The molecule has 3 nitrogen and oxygen atoms in total. The summed E-state index contributed by atoms with van der Waals surface area (Å²) in [6.45, 7) is 3.80. The molecular formula is C14H14Cl2N2O. The minimum Gasteiger partial charge on any atom is -0.310 e. The van der Waals surface area contributed by atoms with Gasteiger partial charge in [0.15, 0.2) is 0 Å². The first-order chi connectivity index (χ1) is 9.01. The summed E-state index contributed by atoms with van der Waals surface area (Å²) in [5, 5.41) is 1.02. The maximum Gasteiger partial charge on any atom is 0.254 e. The van der Waals surface area contributed by atoms with Crippen LogP contribution in [0.2, 0.25) is 10.0 Å². The molecule has 1 N–H and O–H groups in total. The predicted octanol–water partition coefficient (Wildman–Crippen LogP) is 3.54. The van der Waals surface area contributed by atoms with Gasteiger partial charge in [-0.25, -0.2) is 4.98 Å². The van der Waals surface area contributed by atoms with Crippen LogP contribution in [-0.4, -0.2) is 9.97 Å². The largest absolute Gasteiger partial charge is 0.310 e. The first-order valence-electron chi connectivity index (χ1n) is 6.04. The summed E-state index contributed by atoms with van der Waals surface area (Å²) in [5.41, 5.74) is 2.41. The molecule has 2 rings (SSSR count). The average Bonchev–Trinajstić information content (AvgIpc) is 2.33. The van der Waals surface area contributed by atoms with Crippen molar-refractivity contribution in [1.82, 2.24) is 9.97 Å². The van der Waals surface area contributed by atoms with Crippen LogP contribution in [0, 0.1) is 6.92 Å². The van der Waals surface area contributed by atoms with Crippen molar-refractivity contribution in [3.8, 4) is 0 Å². The van der Waals surface area contributed by atoms with Crippen molar-refractivity contribution in [2.75, 3.05) is 0 Å². The van der Waals surface area contributed by atoms with Gasteiger partial charge in [-0.3, -0.25) is 4.79 Å². The Hall–Kier alpha value is -1.32. The highest BCUT2D eigenvalue weighted by Crippen LogP contribution is 2.23. The van der Waals surface area contributed by atoms with E-state index in [0.29, 0.717) is 28.7 Å². The summed E-state index contributed by atoms with van der Waals surface area (Å²) in [5.74, 6) is 0.637. The van der Waals surface area contributed by atoms with E-state index in [1.807, 2.05) is 19.9 Å². The molecule has 0 saturated heterocycles. The Balaban J connectivity index is 2.33. The van der Waals surface area contributed by atoms with Gasteiger partial charge in [-0.15, -0.1) is 0 Å². The van der Waals surface area contributed by atoms with Gasteiger partial charge >= 0.3 is 0 Å². The van der Waals surface area contributed by atoms with Crippen LogP contribution in [0.4, 0.5) is 0 Å². The smallest absolute Gasteiger partial charge is 0.254 e.